The first kappa shape index (κ1) is 13.6. The Morgan fingerprint density at radius 2 is 2.06 bits per heavy atom. The summed E-state index contributed by atoms with van der Waals surface area (Å²) >= 11 is 0. The first-order valence-corrected chi connectivity index (χ1v) is 6.80. The van der Waals surface area contributed by atoms with Crippen LogP contribution in [-0.4, -0.2) is 72.8 Å². The molecule has 0 atom stereocenters. The second kappa shape index (κ2) is 6.92. The van der Waals surface area contributed by atoms with Gasteiger partial charge in [-0.25, -0.2) is 0 Å². The first-order chi connectivity index (χ1) is 8.79. The van der Waals surface area contributed by atoms with Crippen molar-refractivity contribution in [3.8, 4) is 0 Å². The highest BCUT2D eigenvalue weighted by molar-refractivity contribution is 5.79. The standard InChI is InChI=1S/C12H24N4O2/c13-12(14-17)3-4-16(11-1-2-11)6-5-15-7-9-18-10-8-15/h11,17H,1-10H2,(H2,13,14). The van der Waals surface area contributed by atoms with Crippen molar-refractivity contribution in [3.05, 3.63) is 0 Å². The summed E-state index contributed by atoms with van der Waals surface area (Å²) in [5.41, 5.74) is 5.53. The van der Waals surface area contributed by atoms with Gasteiger partial charge in [0, 0.05) is 45.2 Å². The van der Waals surface area contributed by atoms with E-state index in [2.05, 4.69) is 15.0 Å². The summed E-state index contributed by atoms with van der Waals surface area (Å²) in [6, 6.07) is 0.720. The molecule has 2 fully saturated rings. The molecular formula is C12H24N4O2. The molecule has 6 nitrogen and oxygen atoms in total. The van der Waals surface area contributed by atoms with Gasteiger partial charge < -0.3 is 15.7 Å². The molecule has 0 radical (unpaired) electrons. The highest BCUT2D eigenvalue weighted by atomic mass is 16.5. The van der Waals surface area contributed by atoms with E-state index < -0.39 is 0 Å². The van der Waals surface area contributed by atoms with Gasteiger partial charge in [0.25, 0.3) is 0 Å². The Bertz CT molecular complexity index is 275. The molecule has 18 heavy (non-hydrogen) atoms. The molecule has 0 aromatic rings. The van der Waals surface area contributed by atoms with Crippen molar-refractivity contribution >= 4 is 5.84 Å². The maximum atomic E-state index is 8.56. The summed E-state index contributed by atoms with van der Waals surface area (Å²) in [6.07, 6.45) is 3.23. The van der Waals surface area contributed by atoms with Crippen LogP contribution in [0.1, 0.15) is 19.3 Å². The molecule has 3 N–H and O–H groups in total. The molecule has 2 aliphatic rings. The molecule has 104 valence electrons. The first-order valence-electron chi connectivity index (χ1n) is 6.80. The number of oxime groups is 1. The van der Waals surface area contributed by atoms with Crippen LogP contribution in [-0.2, 0) is 4.74 Å². The van der Waals surface area contributed by atoms with Gasteiger partial charge in [-0.3, -0.25) is 9.80 Å². The van der Waals surface area contributed by atoms with E-state index in [1.807, 2.05) is 0 Å². The van der Waals surface area contributed by atoms with Gasteiger partial charge in [-0.2, -0.15) is 0 Å². The Hall–Kier alpha value is -0.850. The number of amidine groups is 1. The smallest absolute Gasteiger partial charge is 0.140 e. The van der Waals surface area contributed by atoms with Gasteiger partial charge >= 0.3 is 0 Å². The number of rotatable bonds is 7. The minimum absolute atomic E-state index is 0.326. The lowest BCUT2D eigenvalue weighted by molar-refractivity contribution is 0.0330. The van der Waals surface area contributed by atoms with E-state index in [1.54, 1.807) is 0 Å². The summed E-state index contributed by atoms with van der Waals surface area (Å²) in [7, 11) is 0. The van der Waals surface area contributed by atoms with Crippen LogP contribution in [0.4, 0.5) is 0 Å². The predicted molar refractivity (Wildman–Crippen MR) is 69.9 cm³/mol. The van der Waals surface area contributed by atoms with Crippen LogP contribution in [0, 0.1) is 0 Å². The number of ether oxygens (including phenoxy) is 1. The van der Waals surface area contributed by atoms with E-state index in [9.17, 15) is 0 Å². The highest BCUT2D eigenvalue weighted by Gasteiger charge is 2.28. The van der Waals surface area contributed by atoms with Gasteiger partial charge in [-0.05, 0) is 12.8 Å². The third-order valence-corrected chi connectivity index (χ3v) is 3.65. The summed E-state index contributed by atoms with van der Waals surface area (Å²) in [6.45, 7) is 6.85. The number of morpholine rings is 1. The monoisotopic (exact) mass is 256 g/mol. The Labute approximate surface area is 108 Å². The molecule has 0 aromatic carbocycles. The lowest BCUT2D eigenvalue weighted by Gasteiger charge is -2.30. The molecule has 1 aliphatic carbocycles. The third kappa shape index (κ3) is 4.44. The van der Waals surface area contributed by atoms with Crippen molar-refractivity contribution in [3.63, 3.8) is 0 Å². The maximum Gasteiger partial charge on any atom is 0.140 e. The molecule has 0 spiro atoms. The topological polar surface area (TPSA) is 74.3 Å². The normalized spacial score (nSPS) is 22.6. The van der Waals surface area contributed by atoms with Crippen LogP contribution in [0.25, 0.3) is 0 Å². The fraction of sp³-hybridized carbons (Fsp3) is 0.917. The summed E-state index contributed by atoms with van der Waals surface area (Å²) in [5, 5.41) is 11.6. The van der Waals surface area contributed by atoms with Crippen LogP contribution in [0.5, 0.6) is 0 Å². The lowest BCUT2D eigenvalue weighted by atomic mass is 10.3. The zero-order valence-corrected chi connectivity index (χ0v) is 10.9. The average molecular weight is 256 g/mol. The average Bonchev–Trinajstić information content (AvgIpc) is 3.24. The number of nitrogens with two attached hydrogens (primary N) is 1. The van der Waals surface area contributed by atoms with E-state index in [4.69, 9.17) is 15.7 Å². The fourth-order valence-corrected chi connectivity index (χ4v) is 2.32. The van der Waals surface area contributed by atoms with Crippen molar-refractivity contribution in [1.29, 1.82) is 0 Å². The van der Waals surface area contributed by atoms with Crippen molar-refractivity contribution in [2.45, 2.75) is 25.3 Å². The Balaban J connectivity index is 1.68. The summed E-state index contributed by atoms with van der Waals surface area (Å²) in [5.74, 6) is 0.326. The second-order valence-electron chi connectivity index (χ2n) is 5.06. The Kier molecular flexibility index (Phi) is 5.22. The van der Waals surface area contributed by atoms with E-state index in [-0.39, 0.29) is 0 Å². The van der Waals surface area contributed by atoms with Crippen molar-refractivity contribution in [2.24, 2.45) is 10.9 Å². The van der Waals surface area contributed by atoms with Gasteiger partial charge in [0.2, 0.25) is 0 Å². The largest absolute Gasteiger partial charge is 0.409 e. The van der Waals surface area contributed by atoms with E-state index >= 15 is 0 Å². The molecule has 0 aromatic heterocycles. The zero-order valence-electron chi connectivity index (χ0n) is 10.9. The number of hydrogen-bond acceptors (Lipinski definition) is 5. The maximum absolute atomic E-state index is 8.56. The van der Waals surface area contributed by atoms with Crippen molar-refractivity contribution < 1.29 is 9.94 Å². The second-order valence-corrected chi connectivity index (χ2v) is 5.06. The van der Waals surface area contributed by atoms with E-state index in [1.165, 1.54) is 12.8 Å². The molecule has 1 heterocycles. The quantitative estimate of drug-likeness (QED) is 0.288. The van der Waals surface area contributed by atoms with Gasteiger partial charge in [0.05, 0.1) is 13.2 Å². The highest BCUT2D eigenvalue weighted by Crippen LogP contribution is 2.26. The van der Waals surface area contributed by atoms with Crippen LogP contribution >= 0.6 is 0 Å². The molecule has 1 saturated carbocycles. The van der Waals surface area contributed by atoms with Crippen molar-refractivity contribution in [2.75, 3.05) is 45.9 Å². The number of hydrogen-bond donors (Lipinski definition) is 2. The zero-order chi connectivity index (χ0) is 12.8. The van der Waals surface area contributed by atoms with E-state index in [0.717, 1.165) is 52.0 Å². The Morgan fingerprint density at radius 1 is 1.33 bits per heavy atom. The minimum atomic E-state index is 0.326. The molecule has 0 amide bonds. The minimum Gasteiger partial charge on any atom is -0.409 e. The SMILES string of the molecule is NC(CCN(CCN1CCOCC1)C1CC1)=NO. The molecule has 0 unspecified atom stereocenters. The molecule has 0 bridgehead atoms. The van der Waals surface area contributed by atoms with Crippen molar-refractivity contribution in [1.82, 2.24) is 9.80 Å². The van der Waals surface area contributed by atoms with E-state index in [0.29, 0.717) is 12.3 Å². The van der Waals surface area contributed by atoms with Crippen LogP contribution in [0.3, 0.4) is 0 Å². The Morgan fingerprint density at radius 3 is 2.67 bits per heavy atom. The summed E-state index contributed by atoms with van der Waals surface area (Å²) < 4.78 is 5.34. The van der Waals surface area contributed by atoms with Gasteiger partial charge in [0.15, 0.2) is 0 Å². The number of nitrogens with zero attached hydrogens (tertiary/aromatic N) is 3. The fourth-order valence-electron chi connectivity index (χ4n) is 2.32. The molecule has 1 aliphatic heterocycles. The third-order valence-electron chi connectivity index (χ3n) is 3.65. The molecule has 1 saturated heterocycles. The van der Waals surface area contributed by atoms with Gasteiger partial charge in [-0.1, -0.05) is 5.16 Å². The molecular weight excluding hydrogens is 232 g/mol. The predicted octanol–water partition coefficient (Wildman–Crippen LogP) is -0.0805. The van der Waals surface area contributed by atoms with Crippen LogP contribution in [0.15, 0.2) is 5.16 Å². The lowest BCUT2D eigenvalue weighted by Crippen LogP contribution is -2.42. The molecule has 2 rings (SSSR count). The molecule has 6 heteroatoms. The van der Waals surface area contributed by atoms with Crippen LogP contribution in [0.2, 0.25) is 0 Å². The van der Waals surface area contributed by atoms with Gasteiger partial charge in [-0.15, -0.1) is 0 Å². The summed E-state index contributed by atoms with van der Waals surface area (Å²) in [4.78, 5) is 4.91. The van der Waals surface area contributed by atoms with Crippen LogP contribution < -0.4 is 5.73 Å². The van der Waals surface area contributed by atoms with Gasteiger partial charge in [0.1, 0.15) is 5.84 Å².